The summed E-state index contributed by atoms with van der Waals surface area (Å²) in [5.41, 5.74) is 0.205. The second kappa shape index (κ2) is 6.14. The lowest BCUT2D eigenvalue weighted by molar-refractivity contribution is 0.0607. The molecule has 0 spiro atoms. The number of rotatable bonds is 4. The molecular formula is C10H7Br2NO4S3. The van der Waals surface area contributed by atoms with Crippen molar-refractivity contribution in [2.24, 2.45) is 0 Å². The highest BCUT2D eigenvalue weighted by Gasteiger charge is 2.24. The SMILES string of the molecule is COC(=O)c1sccc1NS(=O)(=O)c1cc(Br)sc1Br. The first-order valence-electron chi connectivity index (χ1n) is 4.98. The Hall–Kier alpha value is -0.420. The van der Waals surface area contributed by atoms with E-state index in [2.05, 4.69) is 41.3 Å². The van der Waals surface area contributed by atoms with E-state index in [9.17, 15) is 13.2 Å². The van der Waals surface area contributed by atoms with Crippen molar-refractivity contribution >= 4 is 76.2 Å². The van der Waals surface area contributed by atoms with Gasteiger partial charge in [-0.1, -0.05) is 0 Å². The highest BCUT2D eigenvalue weighted by molar-refractivity contribution is 9.12. The molecule has 108 valence electrons. The van der Waals surface area contributed by atoms with Crippen LogP contribution in [0.25, 0.3) is 0 Å². The van der Waals surface area contributed by atoms with Gasteiger partial charge in [0.25, 0.3) is 10.0 Å². The van der Waals surface area contributed by atoms with Gasteiger partial charge in [0.15, 0.2) is 0 Å². The van der Waals surface area contributed by atoms with Crippen molar-refractivity contribution < 1.29 is 17.9 Å². The molecule has 0 fully saturated rings. The Labute approximate surface area is 140 Å². The fourth-order valence-electron chi connectivity index (χ4n) is 1.35. The van der Waals surface area contributed by atoms with Crippen LogP contribution in [0.5, 0.6) is 0 Å². The molecule has 2 heterocycles. The number of anilines is 1. The number of methoxy groups -OCH3 is 1. The summed E-state index contributed by atoms with van der Waals surface area (Å²) in [4.78, 5) is 11.8. The molecule has 0 bridgehead atoms. The number of hydrogen-bond donors (Lipinski definition) is 1. The van der Waals surface area contributed by atoms with Crippen LogP contribution in [-0.2, 0) is 14.8 Å². The van der Waals surface area contributed by atoms with Gasteiger partial charge >= 0.3 is 5.97 Å². The highest BCUT2D eigenvalue weighted by Crippen LogP contribution is 2.36. The summed E-state index contributed by atoms with van der Waals surface area (Å²) in [6.45, 7) is 0. The van der Waals surface area contributed by atoms with Crippen molar-refractivity contribution in [3.05, 3.63) is 30.0 Å². The minimum atomic E-state index is -3.77. The molecule has 0 saturated heterocycles. The number of hydrogen-bond acceptors (Lipinski definition) is 6. The summed E-state index contributed by atoms with van der Waals surface area (Å²) in [7, 11) is -2.53. The lowest BCUT2D eigenvalue weighted by Crippen LogP contribution is -2.14. The van der Waals surface area contributed by atoms with Gasteiger partial charge in [0.05, 0.1) is 20.4 Å². The van der Waals surface area contributed by atoms with E-state index in [0.29, 0.717) is 7.57 Å². The van der Waals surface area contributed by atoms with Crippen molar-refractivity contribution in [2.45, 2.75) is 4.90 Å². The zero-order valence-electron chi connectivity index (χ0n) is 9.85. The molecule has 0 aliphatic heterocycles. The van der Waals surface area contributed by atoms with E-state index >= 15 is 0 Å². The molecule has 0 saturated carbocycles. The summed E-state index contributed by atoms with van der Waals surface area (Å²) in [5.74, 6) is -0.580. The van der Waals surface area contributed by atoms with Crippen LogP contribution in [0.2, 0.25) is 0 Å². The monoisotopic (exact) mass is 459 g/mol. The second-order valence-corrected chi connectivity index (χ2v) is 9.77. The van der Waals surface area contributed by atoms with Crippen LogP contribution in [0.1, 0.15) is 9.67 Å². The predicted octanol–water partition coefficient (Wildman–Crippen LogP) is 3.92. The maximum atomic E-state index is 12.3. The maximum absolute atomic E-state index is 12.3. The van der Waals surface area contributed by atoms with Crippen LogP contribution in [0.3, 0.4) is 0 Å². The average Bonchev–Trinajstić information content (AvgIpc) is 2.94. The molecule has 0 radical (unpaired) electrons. The molecule has 1 N–H and O–H groups in total. The lowest BCUT2D eigenvalue weighted by atomic mass is 10.4. The van der Waals surface area contributed by atoms with E-state index in [0.717, 1.165) is 11.3 Å². The molecule has 0 aliphatic rings. The number of halogens is 2. The van der Waals surface area contributed by atoms with Crippen molar-refractivity contribution in [3.63, 3.8) is 0 Å². The van der Waals surface area contributed by atoms with Crippen LogP contribution in [0, 0.1) is 0 Å². The van der Waals surface area contributed by atoms with Crippen molar-refractivity contribution in [3.8, 4) is 0 Å². The summed E-state index contributed by atoms with van der Waals surface area (Å²) in [6, 6.07) is 3.01. The van der Waals surface area contributed by atoms with Crippen LogP contribution in [0.4, 0.5) is 5.69 Å². The van der Waals surface area contributed by atoms with Gasteiger partial charge in [0, 0.05) is 0 Å². The molecule has 2 rings (SSSR count). The van der Waals surface area contributed by atoms with Gasteiger partial charge < -0.3 is 4.74 Å². The largest absolute Gasteiger partial charge is 0.465 e. The molecule has 0 unspecified atom stereocenters. The Kier molecular flexibility index (Phi) is 4.90. The first-order valence-corrected chi connectivity index (χ1v) is 9.75. The lowest BCUT2D eigenvalue weighted by Gasteiger charge is -2.07. The van der Waals surface area contributed by atoms with E-state index in [4.69, 9.17) is 0 Å². The van der Waals surface area contributed by atoms with Crippen molar-refractivity contribution in [1.82, 2.24) is 0 Å². The van der Waals surface area contributed by atoms with Crippen LogP contribution >= 0.6 is 54.5 Å². The minimum absolute atomic E-state index is 0.108. The number of nitrogens with one attached hydrogen (secondary N) is 1. The fourth-order valence-corrected chi connectivity index (χ4v) is 7.06. The Morgan fingerprint density at radius 3 is 2.65 bits per heavy atom. The Morgan fingerprint density at radius 2 is 2.10 bits per heavy atom. The van der Waals surface area contributed by atoms with Gasteiger partial charge in [0.2, 0.25) is 0 Å². The summed E-state index contributed by atoms with van der Waals surface area (Å²) >= 11 is 8.78. The molecule has 0 amide bonds. The highest BCUT2D eigenvalue weighted by atomic mass is 79.9. The molecular weight excluding hydrogens is 454 g/mol. The summed E-state index contributed by atoms with van der Waals surface area (Å²) in [6.07, 6.45) is 0. The Bertz CT molecular complexity index is 750. The number of carbonyl (C=O) groups excluding carboxylic acids is 1. The zero-order valence-corrected chi connectivity index (χ0v) is 15.5. The third-order valence-electron chi connectivity index (χ3n) is 2.20. The molecule has 20 heavy (non-hydrogen) atoms. The topological polar surface area (TPSA) is 72.5 Å². The zero-order chi connectivity index (χ0) is 14.9. The van der Waals surface area contributed by atoms with Gasteiger partial charge in [-0.05, 0) is 49.4 Å². The van der Waals surface area contributed by atoms with E-state index in [1.807, 2.05) is 0 Å². The Morgan fingerprint density at radius 1 is 1.40 bits per heavy atom. The first kappa shape index (κ1) is 16.0. The van der Waals surface area contributed by atoms with E-state index in [1.54, 1.807) is 5.38 Å². The molecule has 2 aromatic rings. The number of carbonyl (C=O) groups is 1. The van der Waals surface area contributed by atoms with E-state index < -0.39 is 16.0 Å². The van der Waals surface area contributed by atoms with Gasteiger partial charge in [-0.3, -0.25) is 4.72 Å². The number of ether oxygens (including phenoxy) is 1. The van der Waals surface area contributed by atoms with Crippen LogP contribution < -0.4 is 4.72 Å². The third kappa shape index (κ3) is 3.25. The predicted molar refractivity (Wildman–Crippen MR) is 86.2 cm³/mol. The smallest absolute Gasteiger partial charge is 0.350 e. The summed E-state index contributed by atoms with van der Waals surface area (Å²) in [5, 5.41) is 1.61. The second-order valence-electron chi connectivity index (χ2n) is 3.45. The third-order valence-corrected chi connectivity index (χ3v) is 7.21. The van der Waals surface area contributed by atoms with Crippen molar-refractivity contribution in [1.29, 1.82) is 0 Å². The number of thiophene rings is 2. The molecule has 0 atom stereocenters. The van der Waals surface area contributed by atoms with Gasteiger partial charge in [-0.2, -0.15) is 0 Å². The average molecular weight is 461 g/mol. The maximum Gasteiger partial charge on any atom is 0.350 e. The van der Waals surface area contributed by atoms with Crippen LogP contribution in [0.15, 0.2) is 30.0 Å². The van der Waals surface area contributed by atoms with E-state index in [-0.39, 0.29) is 15.5 Å². The van der Waals surface area contributed by atoms with Gasteiger partial charge in [0.1, 0.15) is 9.77 Å². The molecule has 10 heteroatoms. The minimum Gasteiger partial charge on any atom is -0.465 e. The number of esters is 1. The molecule has 2 aromatic heterocycles. The normalized spacial score (nSPS) is 11.3. The first-order chi connectivity index (χ1) is 9.35. The molecule has 5 nitrogen and oxygen atoms in total. The number of sulfonamides is 1. The quantitative estimate of drug-likeness (QED) is 0.701. The van der Waals surface area contributed by atoms with Gasteiger partial charge in [-0.15, -0.1) is 22.7 Å². The fraction of sp³-hybridized carbons (Fsp3) is 0.100. The molecule has 0 aliphatic carbocycles. The Balaban J connectivity index is 2.37. The standard InChI is InChI=1S/C10H7Br2NO4S3/c1-17-10(14)8-5(2-3-18-8)13-20(15,16)6-4-7(11)19-9(6)12/h2-4,13H,1H3. The summed E-state index contributed by atoms with van der Waals surface area (Å²) < 4.78 is 32.7. The van der Waals surface area contributed by atoms with Crippen molar-refractivity contribution in [2.75, 3.05) is 11.8 Å². The van der Waals surface area contributed by atoms with Gasteiger partial charge in [-0.25, -0.2) is 13.2 Å². The van der Waals surface area contributed by atoms with Crippen LogP contribution in [-0.4, -0.2) is 21.5 Å². The van der Waals surface area contributed by atoms with E-state index in [1.165, 1.54) is 30.6 Å². The molecule has 0 aromatic carbocycles.